The molecule has 0 radical (unpaired) electrons. The average molecular weight is 575 g/mol. The van der Waals surface area contributed by atoms with Gasteiger partial charge in [-0.2, -0.15) is 0 Å². The van der Waals surface area contributed by atoms with Gasteiger partial charge in [-0.1, -0.05) is 111 Å². The second kappa shape index (κ2) is 16.2. The van der Waals surface area contributed by atoms with Crippen LogP contribution in [0.25, 0.3) is 0 Å². The van der Waals surface area contributed by atoms with Gasteiger partial charge in [-0.25, -0.2) is 4.79 Å². The van der Waals surface area contributed by atoms with Gasteiger partial charge >= 0.3 is 6.16 Å². The summed E-state index contributed by atoms with van der Waals surface area (Å²) in [5.41, 5.74) is 2.60. The van der Waals surface area contributed by atoms with Gasteiger partial charge in [0.1, 0.15) is 0 Å². The minimum atomic E-state index is -1.16. The Labute approximate surface area is 253 Å². The molecule has 0 saturated heterocycles. The number of hydrogen-bond donors (Lipinski definition) is 2. The van der Waals surface area contributed by atoms with Crippen molar-refractivity contribution in [3.63, 3.8) is 0 Å². The summed E-state index contributed by atoms with van der Waals surface area (Å²) in [6, 6.07) is 0. The number of allylic oxidation sites excluding steroid dienone is 1. The highest BCUT2D eigenvalue weighted by Crippen LogP contribution is 2.67. The van der Waals surface area contributed by atoms with E-state index < -0.39 is 6.16 Å². The first-order valence-corrected chi connectivity index (χ1v) is 17.8. The number of aliphatic hydroxyl groups is 1. The van der Waals surface area contributed by atoms with Gasteiger partial charge in [0.05, 0.1) is 12.7 Å². The van der Waals surface area contributed by atoms with Crippen molar-refractivity contribution in [1.29, 1.82) is 0 Å². The molecular weight excluding hydrogens is 508 g/mol. The fraction of sp³-hybridized carbons (Fsp3) is 0.919. The number of rotatable bonds is 13. The molecule has 41 heavy (non-hydrogen) atoms. The van der Waals surface area contributed by atoms with Crippen LogP contribution in [-0.2, 0) is 4.74 Å². The molecule has 8 atom stereocenters. The molecule has 1 unspecified atom stereocenters. The van der Waals surface area contributed by atoms with Crippen LogP contribution in [0.15, 0.2) is 11.6 Å². The van der Waals surface area contributed by atoms with Gasteiger partial charge in [-0.3, -0.25) is 0 Å². The zero-order valence-electron chi connectivity index (χ0n) is 27.8. The van der Waals surface area contributed by atoms with E-state index >= 15 is 0 Å². The van der Waals surface area contributed by atoms with Crippen LogP contribution in [0.5, 0.6) is 0 Å². The van der Waals surface area contributed by atoms with E-state index in [1.165, 1.54) is 89.9 Å². The van der Waals surface area contributed by atoms with Crippen LogP contribution in [0.2, 0.25) is 0 Å². The number of carbonyl (C=O) groups is 1. The second-order valence-corrected chi connectivity index (χ2v) is 15.4. The normalized spacial score (nSPS) is 34.9. The van der Waals surface area contributed by atoms with Crippen molar-refractivity contribution in [3.05, 3.63) is 11.6 Å². The Hall–Kier alpha value is -1.03. The first kappa shape index (κ1) is 34.5. The Balaban J connectivity index is 0.000000302. The predicted octanol–water partition coefficient (Wildman–Crippen LogP) is 10.8. The fourth-order valence-corrected chi connectivity index (χ4v) is 9.88. The minimum absolute atomic E-state index is 0.0766. The highest BCUT2D eigenvalue weighted by Gasteiger charge is 2.59. The molecule has 4 heteroatoms. The second-order valence-electron chi connectivity index (χ2n) is 15.4. The van der Waals surface area contributed by atoms with Gasteiger partial charge in [0.2, 0.25) is 0 Å². The van der Waals surface area contributed by atoms with Crippen molar-refractivity contribution >= 4 is 6.16 Å². The van der Waals surface area contributed by atoms with Crippen molar-refractivity contribution in [2.75, 3.05) is 6.61 Å². The third kappa shape index (κ3) is 8.99. The molecule has 4 rings (SSSR count). The number of carboxylic acid groups (broad SMARTS) is 1. The van der Waals surface area contributed by atoms with Crippen LogP contribution in [0.4, 0.5) is 4.79 Å². The standard InChI is InChI=1S/C27H46O.C10H20O3/c1-18(2)7-6-8-19(3)23-11-12-24-22-10-9-20-17-21(28)13-15-26(20,4)25(22)14-16-27(23,24)5;1-2-3-4-5-6-7-8-9-13-10(11)12/h9,18-19,21-25,28H,6-8,10-17H2,1-5H3;2-9H2,1H3,(H,11,12)/t19?,21-,22-,23+,24-,25-,26-,27+;/m0./s1. The van der Waals surface area contributed by atoms with Gasteiger partial charge in [-0.15, -0.1) is 0 Å². The van der Waals surface area contributed by atoms with E-state index in [4.69, 9.17) is 5.11 Å². The molecule has 0 aromatic carbocycles. The summed E-state index contributed by atoms with van der Waals surface area (Å²) < 4.78 is 4.39. The topological polar surface area (TPSA) is 66.8 Å². The molecule has 4 aliphatic carbocycles. The lowest BCUT2D eigenvalue weighted by Gasteiger charge is -2.58. The molecule has 238 valence electrons. The van der Waals surface area contributed by atoms with Gasteiger partial charge in [0.15, 0.2) is 0 Å². The van der Waals surface area contributed by atoms with Crippen LogP contribution in [0, 0.1) is 46.3 Å². The van der Waals surface area contributed by atoms with E-state index in [0.29, 0.717) is 17.4 Å². The molecule has 0 aromatic heterocycles. The molecule has 4 aliphatic rings. The number of aliphatic hydroxyl groups excluding tert-OH is 1. The largest absolute Gasteiger partial charge is 0.505 e. The van der Waals surface area contributed by atoms with Crippen molar-refractivity contribution in [1.82, 2.24) is 0 Å². The monoisotopic (exact) mass is 574 g/mol. The molecule has 3 saturated carbocycles. The molecule has 0 amide bonds. The van der Waals surface area contributed by atoms with E-state index in [-0.39, 0.29) is 6.10 Å². The molecule has 4 nitrogen and oxygen atoms in total. The quantitative estimate of drug-likeness (QED) is 0.130. The fourth-order valence-electron chi connectivity index (χ4n) is 9.88. The van der Waals surface area contributed by atoms with Crippen LogP contribution in [-0.4, -0.2) is 29.1 Å². The highest BCUT2D eigenvalue weighted by molar-refractivity contribution is 5.56. The van der Waals surface area contributed by atoms with Crippen molar-refractivity contribution in [2.24, 2.45) is 46.3 Å². The Morgan fingerprint density at radius 3 is 2.32 bits per heavy atom. The average Bonchev–Trinajstić information content (AvgIpc) is 3.28. The van der Waals surface area contributed by atoms with Crippen LogP contribution in [0.1, 0.15) is 157 Å². The molecule has 0 bridgehead atoms. The van der Waals surface area contributed by atoms with Gasteiger partial charge in [0, 0.05) is 0 Å². The minimum Gasteiger partial charge on any atom is -0.450 e. The van der Waals surface area contributed by atoms with Crippen LogP contribution in [0.3, 0.4) is 0 Å². The van der Waals surface area contributed by atoms with E-state index in [9.17, 15) is 9.90 Å². The maximum atomic E-state index is 10.2. The van der Waals surface area contributed by atoms with Crippen LogP contribution >= 0.6 is 0 Å². The van der Waals surface area contributed by atoms with Gasteiger partial charge in [-0.05, 0) is 104 Å². The van der Waals surface area contributed by atoms with E-state index in [1.807, 2.05) is 0 Å². The lowest BCUT2D eigenvalue weighted by Crippen LogP contribution is -2.50. The predicted molar refractivity (Wildman–Crippen MR) is 171 cm³/mol. The van der Waals surface area contributed by atoms with Crippen LogP contribution < -0.4 is 0 Å². The maximum absolute atomic E-state index is 10.2. The summed E-state index contributed by atoms with van der Waals surface area (Å²) in [4.78, 5) is 9.95. The summed E-state index contributed by atoms with van der Waals surface area (Å²) >= 11 is 0. The van der Waals surface area contributed by atoms with Crippen molar-refractivity contribution in [3.8, 4) is 0 Å². The Kier molecular flexibility index (Phi) is 13.6. The summed E-state index contributed by atoms with van der Waals surface area (Å²) in [5, 5.41) is 18.4. The first-order chi connectivity index (χ1) is 19.5. The highest BCUT2D eigenvalue weighted by atomic mass is 16.7. The lowest BCUT2D eigenvalue weighted by atomic mass is 9.47. The number of ether oxygens (including phenoxy) is 1. The molecule has 2 N–H and O–H groups in total. The zero-order chi connectivity index (χ0) is 30.0. The number of hydrogen-bond acceptors (Lipinski definition) is 3. The number of unbranched alkanes of at least 4 members (excludes halogenated alkanes) is 6. The SMILES string of the molecule is CC(C)CCCC(C)[C@H]1CC[C@H]2[C@@H]3CC=C4C[C@@H](O)CC[C@]4(C)[C@H]3CC[C@]12C.CCCCCCCCCOC(=O)O. The third-order valence-corrected chi connectivity index (χ3v) is 12.3. The Bertz CT molecular complexity index is 820. The molecule has 0 spiro atoms. The van der Waals surface area contributed by atoms with E-state index in [0.717, 1.165) is 61.2 Å². The summed E-state index contributed by atoms with van der Waals surface area (Å²) in [6.45, 7) is 15.1. The first-order valence-electron chi connectivity index (χ1n) is 17.8. The van der Waals surface area contributed by atoms with Gasteiger partial charge in [0.25, 0.3) is 0 Å². The summed E-state index contributed by atoms with van der Waals surface area (Å²) in [5.74, 6) is 5.46. The van der Waals surface area contributed by atoms with Crippen molar-refractivity contribution in [2.45, 2.75) is 163 Å². The van der Waals surface area contributed by atoms with E-state index in [1.54, 1.807) is 5.57 Å². The molecule has 0 aliphatic heterocycles. The Morgan fingerprint density at radius 1 is 0.927 bits per heavy atom. The number of fused-ring (bicyclic) bond motifs is 5. The lowest BCUT2D eigenvalue weighted by molar-refractivity contribution is -0.0573. The molecular formula is C37H66O4. The van der Waals surface area contributed by atoms with Gasteiger partial charge < -0.3 is 14.9 Å². The Morgan fingerprint density at radius 2 is 1.63 bits per heavy atom. The molecule has 0 aromatic rings. The summed E-state index contributed by atoms with van der Waals surface area (Å²) in [7, 11) is 0. The molecule has 0 heterocycles. The van der Waals surface area contributed by atoms with E-state index in [2.05, 4.69) is 52.4 Å². The third-order valence-electron chi connectivity index (χ3n) is 12.3. The maximum Gasteiger partial charge on any atom is 0.505 e. The zero-order valence-corrected chi connectivity index (χ0v) is 27.8. The van der Waals surface area contributed by atoms with Crippen molar-refractivity contribution < 1.29 is 19.7 Å². The molecule has 3 fully saturated rings. The smallest absolute Gasteiger partial charge is 0.450 e. The summed E-state index contributed by atoms with van der Waals surface area (Å²) in [6.07, 6.45) is 24.3.